The molecule has 2 amide bonds. The van der Waals surface area contributed by atoms with Gasteiger partial charge in [-0.3, -0.25) is 9.59 Å². The Bertz CT molecular complexity index is 1260. The second-order valence-electron chi connectivity index (χ2n) is 7.40. The lowest BCUT2D eigenvalue weighted by atomic mass is 10.1. The highest BCUT2D eigenvalue weighted by atomic mass is 32.2. The summed E-state index contributed by atoms with van der Waals surface area (Å²) in [6.45, 7) is 1.89. The van der Waals surface area contributed by atoms with Gasteiger partial charge in [-0.15, -0.1) is 23.1 Å². The molecule has 4 rings (SSSR count). The summed E-state index contributed by atoms with van der Waals surface area (Å²) in [6.07, 6.45) is 0. The average molecular weight is 490 g/mol. The quantitative estimate of drug-likeness (QED) is 0.289. The monoisotopic (exact) mass is 489 g/mol. The van der Waals surface area contributed by atoms with Crippen molar-refractivity contribution in [2.45, 2.75) is 17.1 Å². The molecular weight excluding hydrogens is 466 g/mol. The van der Waals surface area contributed by atoms with Crippen LogP contribution in [0, 0.1) is 6.92 Å². The third kappa shape index (κ3) is 6.03. The fourth-order valence-electron chi connectivity index (χ4n) is 3.18. The highest BCUT2D eigenvalue weighted by Gasteiger charge is 2.23. The fourth-order valence-corrected chi connectivity index (χ4v) is 4.90. The summed E-state index contributed by atoms with van der Waals surface area (Å²) >= 11 is 2.85. The van der Waals surface area contributed by atoms with Crippen molar-refractivity contribution >= 4 is 45.7 Å². The predicted octanol–water partition coefficient (Wildman–Crippen LogP) is 6.18. The molecule has 0 radical (unpaired) electrons. The van der Waals surface area contributed by atoms with Crippen molar-refractivity contribution in [1.82, 2.24) is 4.98 Å². The first kappa shape index (κ1) is 23.5. The van der Waals surface area contributed by atoms with Crippen molar-refractivity contribution in [3.8, 4) is 5.75 Å². The van der Waals surface area contributed by atoms with Gasteiger partial charge in [-0.25, -0.2) is 4.98 Å². The Balaban J connectivity index is 1.46. The van der Waals surface area contributed by atoms with Crippen LogP contribution in [0.4, 0.5) is 10.8 Å². The summed E-state index contributed by atoms with van der Waals surface area (Å²) in [5.41, 5.74) is 2.98. The Morgan fingerprint density at radius 1 is 0.941 bits per heavy atom. The second-order valence-corrected chi connectivity index (χ2v) is 9.44. The van der Waals surface area contributed by atoms with E-state index in [0.717, 1.165) is 16.2 Å². The number of thioether (sulfide) groups is 1. The number of benzene rings is 3. The van der Waals surface area contributed by atoms with Crippen molar-refractivity contribution in [3.63, 3.8) is 0 Å². The van der Waals surface area contributed by atoms with Crippen LogP contribution in [0.2, 0.25) is 0 Å². The van der Waals surface area contributed by atoms with Crippen molar-refractivity contribution < 1.29 is 14.3 Å². The molecule has 0 saturated carbocycles. The molecule has 0 aliphatic carbocycles. The molecule has 0 aliphatic heterocycles. The minimum absolute atomic E-state index is 0.137. The van der Waals surface area contributed by atoms with Crippen LogP contribution in [0.15, 0.2) is 89.1 Å². The molecule has 8 heteroatoms. The Labute approximate surface area is 206 Å². The standard InChI is InChI=1S/C26H23N3O3S2/c1-17-16-33-26(27-17)29-25(31)23(18-6-4-3-5-7-18)34-22-14-10-20(11-15-22)28-24(30)19-8-12-21(32-2)13-9-19/h3-16,23H,1-2H3,(H,28,30)(H,27,29,31). The van der Waals surface area contributed by atoms with Gasteiger partial charge < -0.3 is 15.4 Å². The number of ether oxygens (including phenoxy) is 1. The molecule has 1 heterocycles. The molecule has 172 valence electrons. The zero-order valence-electron chi connectivity index (χ0n) is 18.6. The van der Waals surface area contributed by atoms with Crippen molar-refractivity contribution in [1.29, 1.82) is 0 Å². The zero-order valence-corrected chi connectivity index (χ0v) is 20.3. The van der Waals surface area contributed by atoms with Gasteiger partial charge >= 0.3 is 0 Å². The fraction of sp³-hybridized carbons (Fsp3) is 0.115. The van der Waals surface area contributed by atoms with Gasteiger partial charge in [0.1, 0.15) is 11.0 Å². The van der Waals surface area contributed by atoms with Crippen LogP contribution in [0.1, 0.15) is 26.9 Å². The van der Waals surface area contributed by atoms with Gasteiger partial charge in [0.2, 0.25) is 5.91 Å². The topological polar surface area (TPSA) is 80.3 Å². The second kappa shape index (κ2) is 11.0. The predicted molar refractivity (Wildman–Crippen MR) is 138 cm³/mol. The average Bonchev–Trinajstić information content (AvgIpc) is 3.28. The number of amides is 2. The third-order valence-electron chi connectivity index (χ3n) is 4.91. The van der Waals surface area contributed by atoms with E-state index in [1.54, 1.807) is 31.4 Å². The number of carbonyl (C=O) groups excluding carboxylic acids is 2. The number of hydrogen-bond acceptors (Lipinski definition) is 6. The number of hydrogen-bond donors (Lipinski definition) is 2. The number of carbonyl (C=O) groups is 2. The highest BCUT2D eigenvalue weighted by molar-refractivity contribution is 8.00. The Morgan fingerprint density at radius 2 is 1.65 bits per heavy atom. The van der Waals surface area contributed by atoms with Crippen LogP contribution in [-0.4, -0.2) is 23.9 Å². The van der Waals surface area contributed by atoms with Crippen LogP contribution in [0.5, 0.6) is 5.75 Å². The van der Waals surface area contributed by atoms with Crippen molar-refractivity contribution in [2.75, 3.05) is 17.7 Å². The van der Waals surface area contributed by atoms with Crippen molar-refractivity contribution in [2.24, 2.45) is 0 Å². The van der Waals surface area contributed by atoms with Gasteiger partial charge in [0.15, 0.2) is 5.13 Å². The normalized spacial score (nSPS) is 11.5. The molecular formula is C26H23N3O3S2. The molecule has 0 aliphatic rings. The zero-order chi connectivity index (χ0) is 23.9. The smallest absolute Gasteiger partial charge is 0.255 e. The molecule has 1 aromatic heterocycles. The number of rotatable bonds is 8. The first-order valence-corrected chi connectivity index (χ1v) is 12.3. The summed E-state index contributed by atoms with van der Waals surface area (Å²) in [5, 5.41) is 7.85. The molecule has 0 bridgehead atoms. The largest absolute Gasteiger partial charge is 0.497 e. The number of nitrogens with zero attached hydrogens (tertiary/aromatic N) is 1. The summed E-state index contributed by atoms with van der Waals surface area (Å²) < 4.78 is 5.13. The summed E-state index contributed by atoms with van der Waals surface area (Å²) in [4.78, 5) is 30.9. The van der Waals surface area contributed by atoms with Gasteiger partial charge in [0.05, 0.1) is 12.8 Å². The maximum absolute atomic E-state index is 13.1. The summed E-state index contributed by atoms with van der Waals surface area (Å²) in [5.74, 6) is 0.353. The number of aromatic nitrogens is 1. The first-order chi connectivity index (χ1) is 16.5. The molecule has 4 aromatic rings. The minimum atomic E-state index is -0.454. The lowest BCUT2D eigenvalue weighted by Crippen LogP contribution is -2.19. The molecule has 3 aromatic carbocycles. The lowest BCUT2D eigenvalue weighted by molar-refractivity contribution is -0.115. The summed E-state index contributed by atoms with van der Waals surface area (Å²) in [6, 6.07) is 24.0. The van der Waals surface area contributed by atoms with Gasteiger partial charge in [-0.2, -0.15) is 0 Å². The summed E-state index contributed by atoms with van der Waals surface area (Å²) in [7, 11) is 1.58. The van der Waals surface area contributed by atoms with E-state index in [4.69, 9.17) is 4.74 Å². The molecule has 6 nitrogen and oxygen atoms in total. The molecule has 1 atom stereocenters. The Hall–Kier alpha value is -3.62. The molecule has 0 spiro atoms. The third-order valence-corrected chi connectivity index (χ3v) is 7.05. The molecule has 1 unspecified atom stereocenters. The van der Waals surface area contributed by atoms with E-state index in [1.165, 1.54) is 23.1 Å². The maximum Gasteiger partial charge on any atom is 0.255 e. The molecule has 2 N–H and O–H groups in total. The SMILES string of the molecule is COc1ccc(C(=O)Nc2ccc(SC(C(=O)Nc3nc(C)cs3)c3ccccc3)cc2)cc1. The molecule has 0 fully saturated rings. The number of anilines is 2. The van der Waals surface area contributed by atoms with Crippen LogP contribution < -0.4 is 15.4 Å². The minimum Gasteiger partial charge on any atom is -0.497 e. The van der Waals surface area contributed by atoms with Crippen LogP contribution in [0.25, 0.3) is 0 Å². The number of aryl methyl sites for hydroxylation is 1. The van der Waals surface area contributed by atoms with Crippen LogP contribution in [-0.2, 0) is 4.79 Å². The van der Waals surface area contributed by atoms with E-state index in [1.807, 2.05) is 66.9 Å². The van der Waals surface area contributed by atoms with Crippen LogP contribution in [0.3, 0.4) is 0 Å². The van der Waals surface area contributed by atoms with Gasteiger partial charge in [-0.05, 0) is 61.0 Å². The highest BCUT2D eigenvalue weighted by Crippen LogP contribution is 2.37. The van der Waals surface area contributed by atoms with Gasteiger partial charge in [0.25, 0.3) is 5.91 Å². The van der Waals surface area contributed by atoms with E-state index < -0.39 is 5.25 Å². The van der Waals surface area contributed by atoms with E-state index in [2.05, 4.69) is 15.6 Å². The number of thiazole rings is 1. The van der Waals surface area contributed by atoms with Gasteiger partial charge in [0, 0.05) is 21.5 Å². The molecule has 0 saturated heterocycles. The maximum atomic E-state index is 13.1. The van der Waals surface area contributed by atoms with E-state index >= 15 is 0 Å². The number of methoxy groups -OCH3 is 1. The Morgan fingerprint density at radius 3 is 2.26 bits per heavy atom. The lowest BCUT2D eigenvalue weighted by Gasteiger charge is -2.16. The van der Waals surface area contributed by atoms with E-state index in [0.29, 0.717) is 22.1 Å². The number of nitrogens with one attached hydrogen (secondary N) is 2. The van der Waals surface area contributed by atoms with Crippen LogP contribution >= 0.6 is 23.1 Å². The van der Waals surface area contributed by atoms with Crippen molar-refractivity contribution in [3.05, 3.63) is 101 Å². The van der Waals surface area contributed by atoms with E-state index in [-0.39, 0.29) is 11.8 Å². The Kier molecular flexibility index (Phi) is 7.61. The molecule has 34 heavy (non-hydrogen) atoms. The van der Waals surface area contributed by atoms with Gasteiger partial charge in [-0.1, -0.05) is 30.3 Å². The van der Waals surface area contributed by atoms with E-state index in [9.17, 15) is 9.59 Å². The first-order valence-electron chi connectivity index (χ1n) is 10.5.